The van der Waals surface area contributed by atoms with Crippen molar-refractivity contribution in [3.63, 3.8) is 0 Å². The van der Waals surface area contributed by atoms with E-state index in [-0.39, 0.29) is 0 Å². The first-order valence-electron chi connectivity index (χ1n) is 13.4. The van der Waals surface area contributed by atoms with Crippen molar-refractivity contribution in [2.45, 2.75) is 72.4 Å². The highest BCUT2D eigenvalue weighted by molar-refractivity contribution is 5.93. The summed E-state index contributed by atoms with van der Waals surface area (Å²) in [5.41, 5.74) is 6.03. The molecule has 1 saturated heterocycles. The van der Waals surface area contributed by atoms with E-state index >= 15 is 0 Å². The first kappa shape index (κ1) is 28.3. The van der Waals surface area contributed by atoms with Crippen molar-refractivity contribution in [3.8, 4) is 0 Å². The maximum atomic E-state index is 11.6. The van der Waals surface area contributed by atoms with E-state index < -0.39 is 5.91 Å². The van der Waals surface area contributed by atoms with Gasteiger partial charge in [-0.2, -0.15) is 0 Å². The van der Waals surface area contributed by atoms with Gasteiger partial charge in [0.2, 0.25) is 0 Å². The summed E-state index contributed by atoms with van der Waals surface area (Å²) in [5, 5.41) is 12.5. The van der Waals surface area contributed by atoms with Gasteiger partial charge in [0.05, 0.1) is 0 Å². The van der Waals surface area contributed by atoms with Gasteiger partial charge in [-0.05, 0) is 62.7 Å². The molecule has 7 heteroatoms. The number of hydrogen-bond donors (Lipinski definition) is 3. The summed E-state index contributed by atoms with van der Waals surface area (Å²) < 4.78 is 0. The molecule has 0 aromatic heterocycles. The van der Waals surface area contributed by atoms with E-state index in [0.29, 0.717) is 23.7 Å². The van der Waals surface area contributed by atoms with Crippen molar-refractivity contribution >= 4 is 5.91 Å². The summed E-state index contributed by atoms with van der Waals surface area (Å²) >= 11 is 0. The number of piperazine rings is 1. The lowest BCUT2D eigenvalue weighted by Gasteiger charge is -2.44. The first-order valence-corrected chi connectivity index (χ1v) is 13.4. The van der Waals surface area contributed by atoms with Crippen molar-refractivity contribution in [3.05, 3.63) is 70.8 Å². The molecule has 1 aliphatic heterocycles. The fourth-order valence-corrected chi connectivity index (χ4v) is 5.27. The lowest BCUT2D eigenvalue weighted by Crippen LogP contribution is -2.55. The molecule has 7 nitrogen and oxygen atoms in total. The Bertz CT molecular complexity index is 935. The third kappa shape index (κ3) is 8.11. The predicted octanol–water partition coefficient (Wildman–Crippen LogP) is 3.72. The van der Waals surface area contributed by atoms with E-state index in [4.69, 9.17) is 5.21 Å². The highest BCUT2D eigenvalue weighted by Crippen LogP contribution is 2.21. The van der Waals surface area contributed by atoms with Gasteiger partial charge < -0.3 is 10.2 Å². The number of nitrogens with zero attached hydrogens (tertiary/aromatic N) is 3. The number of carbonyl (C=O) groups excluding carboxylic acids is 1. The van der Waals surface area contributed by atoms with Crippen molar-refractivity contribution in [2.24, 2.45) is 0 Å². The van der Waals surface area contributed by atoms with E-state index in [1.165, 1.54) is 16.7 Å². The van der Waals surface area contributed by atoms with Crippen LogP contribution in [0.3, 0.4) is 0 Å². The smallest absolute Gasteiger partial charge is 0.274 e. The van der Waals surface area contributed by atoms with Gasteiger partial charge in [-0.25, -0.2) is 5.48 Å². The molecule has 0 radical (unpaired) electrons. The number of rotatable bonds is 12. The average Bonchev–Trinajstić information content (AvgIpc) is 2.88. The van der Waals surface area contributed by atoms with E-state index in [9.17, 15) is 4.79 Å². The molecule has 0 aliphatic carbocycles. The first-order chi connectivity index (χ1) is 17.3. The Labute approximate surface area is 217 Å². The number of likely N-dealkylation sites (N-methyl/N-ethyl adjacent to an activating group) is 1. The van der Waals surface area contributed by atoms with E-state index in [1.54, 1.807) is 17.6 Å². The molecular formula is C29H45N5O2. The van der Waals surface area contributed by atoms with Crippen LogP contribution in [0.2, 0.25) is 0 Å². The Kier molecular flexibility index (Phi) is 10.9. The van der Waals surface area contributed by atoms with Crippen LogP contribution in [-0.4, -0.2) is 76.7 Å². The Balaban J connectivity index is 1.52. The Morgan fingerprint density at radius 1 is 1.00 bits per heavy atom. The maximum absolute atomic E-state index is 11.6. The fraction of sp³-hybridized carbons (Fsp3) is 0.552. The summed E-state index contributed by atoms with van der Waals surface area (Å²) in [7, 11) is 0. The molecule has 3 rings (SSSR count). The van der Waals surface area contributed by atoms with Crippen LogP contribution < -0.4 is 10.8 Å². The summed E-state index contributed by atoms with van der Waals surface area (Å²) in [5.74, 6) is -0.480. The molecule has 0 saturated carbocycles. The molecule has 1 fully saturated rings. The molecule has 3 N–H and O–H groups in total. The molecule has 36 heavy (non-hydrogen) atoms. The average molecular weight is 496 g/mol. The van der Waals surface area contributed by atoms with Crippen LogP contribution in [0, 0.1) is 0 Å². The second-order valence-electron chi connectivity index (χ2n) is 10.3. The van der Waals surface area contributed by atoms with Crippen LogP contribution in [-0.2, 0) is 19.6 Å². The highest BCUT2D eigenvalue weighted by Gasteiger charge is 2.29. The maximum Gasteiger partial charge on any atom is 0.274 e. The third-order valence-electron chi connectivity index (χ3n) is 7.34. The topological polar surface area (TPSA) is 71.1 Å². The van der Waals surface area contributed by atoms with Crippen molar-refractivity contribution in [1.82, 2.24) is 25.5 Å². The van der Waals surface area contributed by atoms with Crippen LogP contribution in [0.4, 0.5) is 0 Å². The van der Waals surface area contributed by atoms with Crippen molar-refractivity contribution in [2.75, 3.05) is 32.7 Å². The zero-order valence-electron chi connectivity index (χ0n) is 22.7. The lowest BCUT2D eigenvalue weighted by atomic mass is 10.0. The highest BCUT2D eigenvalue weighted by atomic mass is 16.5. The summed E-state index contributed by atoms with van der Waals surface area (Å²) in [6.07, 6.45) is 0. The molecule has 0 bridgehead atoms. The normalized spacial score (nSPS) is 20.0. The van der Waals surface area contributed by atoms with Crippen LogP contribution in [0.5, 0.6) is 0 Å². The molecule has 2 aromatic rings. The minimum absolute atomic E-state index is 0.448. The monoisotopic (exact) mass is 495 g/mol. The largest absolute Gasteiger partial charge is 0.309 e. The molecule has 1 heterocycles. The van der Waals surface area contributed by atoms with Crippen molar-refractivity contribution < 1.29 is 10.0 Å². The number of hydroxylamine groups is 1. The number of benzene rings is 2. The molecule has 1 aliphatic rings. The Hall–Kier alpha value is -2.29. The van der Waals surface area contributed by atoms with Gasteiger partial charge in [0.1, 0.15) is 0 Å². The van der Waals surface area contributed by atoms with Crippen LogP contribution in [0.1, 0.15) is 61.7 Å². The second-order valence-corrected chi connectivity index (χ2v) is 10.3. The van der Waals surface area contributed by atoms with Crippen molar-refractivity contribution in [1.29, 1.82) is 0 Å². The number of hydrogen-bond acceptors (Lipinski definition) is 6. The van der Waals surface area contributed by atoms with E-state index in [1.807, 2.05) is 12.1 Å². The predicted molar refractivity (Wildman–Crippen MR) is 146 cm³/mol. The van der Waals surface area contributed by atoms with E-state index in [0.717, 1.165) is 52.4 Å². The zero-order valence-corrected chi connectivity index (χ0v) is 22.7. The SMILES string of the molecule is CCN(CC)CC(C)NCc1cccc(CN2C(C)CN(Cc3ccc(C(=O)NO)cc3)C[C@H]2C)c1. The number of nitrogens with one attached hydrogen (secondary N) is 2. The van der Waals surface area contributed by atoms with Gasteiger partial charge >= 0.3 is 0 Å². The lowest BCUT2D eigenvalue weighted by molar-refractivity contribution is 0.0290. The molecule has 1 amide bonds. The quantitative estimate of drug-likeness (QED) is 0.308. The zero-order chi connectivity index (χ0) is 26.1. The van der Waals surface area contributed by atoms with Gasteiger partial charge in [0, 0.05) is 63.0 Å². The van der Waals surface area contributed by atoms with Gasteiger partial charge in [-0.1, -0.05) is 50.2 Å². The summed E-state index contributed by atoms with van der Waals surface area (Å²) in [6, 6.07) is 17.8. The van der Waals surface area contributed by atoms with Gasteiger partial charge in [0.25, 0.3) is 5.91 Å². The van der Waals surface area contributed by atoms with E-state index in [2.05, 4.69) is 78.9 Å². The van der Waals surface area contributed by atoms with Gasteiger partial charge in [-0.3, -0.25) is 19.8 Å². The Morgan fingerprint density at radius 3 is 2.25 bits per heavy atom. The number of amides is 1. The second kappa shape index (κ2) is 13.9. The Morgan fingerprint density at radius 2 is 1.64 bits per heavy atom. The molecular weight excluding hydrogens is 450 g/mol. The fourth-order valence-electron chi connectivity index (χ4n) is 5.27. The minimum atomic E-state index is -0.480. The van der Waals surface area contributed by atoms with Crippen LogP contribution in [0.25, 0.3) is 0 Å². The minimum Gasteiger partial charge on any atom is -0.309 e. The van der Waals surface area contributed by atoms with Crippen LogP contribution in [0.15, 0.2) is 48.5 Å². The van der Waals surface area contributed by atoms with Gasteiger partial charge in [0.15, 0.2) is 0 Å². The molecule has 2 aromatic carbocycles. The molecule has 0 spiro atoms. The molecule has 3 atom stereocenters. The third-order valence-corrected chi connectivity index (χ3v) is 7.34. The summed E-state index contributed by atoms with van der Waals surface area (Å²) in [4.78, 5) is 19.1. The van der Waals surface area contributed by atoms with Crippen LogP contribution >= 0.6 is 0 Å². The standard InChI is InChI=1S/C29H45N5O2/c1-6-32(7-2)17-22(3)30-16-26-9-8-10-27(15-26)21-34-23(4)18-33(19-24(34)5)20-25-11-13-28(14-12-25)29(35)31-36/h8-15,22-24,30,36H,6-7,16-21H2,1-5H3,(H,31,35)/t22?,23-,24?/m1/s1. The number of carbonyl (C=O) groups is 1. The molecule has 198 valence electrons. The molecule has 2 unspecified atom stereocenters. The summed E-state index contributed by atoms with van der Waals surface area (Å²) in [6.45, 7) is 19.3. The van der Waals surface area contributed by atoms with Gasteiger partial charge in [-0.15, -0.1) is 0 Å².